The Labute approximate surface area is 111 Å². The summed E-state index contributed by atoms with van der Waals surface area (Å²) in [7, 11) is 0. The summed E-state index contributed by atoms with van der Waals surface area (Å²) in [6.07, 6.45) is 2.25. The normalized spacial score (nSPS) is 12.4. The van der Waals surface area contributed by atoms with Crippen LogP contribution in [0.5, 0.6) is 0 Å². The molecule has 0 aliphatic carbocycles. The summed E-state index contributed by atoms with van der Waals surface area (Å²) < 4.78 is 6.61. The molecule has 0 radical (unpaired) electrons. The molecule has 0 amide bonds. The Morgan fingerprint density at radius 1 is 1.38 bits per heavy atom. The van der Waals surface area contributed by atoms with Crippen LogP contribution in [0.15, 0.2) is 24.3 Å². The van der Waals surface area contributed by atoms with E-state index in [-0.39, 0.29) is 18.5 Å². The van der Waals surface area contributed by atoms with Gasteiger partial charge in [0.1, 0.15) is 6.61 Å². The molecule has 0 spiro atoms. The molecular formula is C13H17IO2. The van der Waals surface area contributed by atoms with Gasteiger partial charge in [-0.25, -0.2) is 0 Å². The lowest BCUT2D eigenvalue weighted by Gasteiger charge is -2.10. The standard InChI is InChI=1S/C13H17IO2/c1-3-4-10(2)16-9-13(15)11-5-7-12(14)8-6-11/h5-8,10H,3-4,9H2,1-2H3. The Kier molecular flexibility index (Phi) is 5.98. The van der Waals surface area contributed by atoms with Crippen LogP contribution in [-0.4, -0.2) is 18.5 Å². The molecular weight excluding hydrogens is 315 g/mol. The van der Waals surface area contributed by atoms with E-state index >= 15 is 0 Å². The van der Waals surface area contributed by atoms with E-state index < -0.39 is 0 Å². The Hall–Kier alpha value is -0.420. The minimum absolute atomic E-state index is 0.0550. The molecule has 88 valence electrons. The Balaban J connectivity index is 2.43. The fourth-order valence-electron chi connectivity index (χ4n) is 1.43. The number of halogens is 1. The average Bonchev–Trinajstić information content (AvgIpc) is 2.27. The third-order valence-electron chi connectivity index (χ3n) is 2.36. The Bertz CT molecular complexity index is 332. The third-order valence-corrected chi connectivity index (χ3v) is 3.08. The van der Waals surface area contributed by atoms with Gasteiger partial charge < -0.3 is 4.74 Å². The minimum Gasteiger partial charge on any atom is -0.370 e. The summed E-state index contributed by atoms with van der Waals surface area (Å²) in [5.41, 5.74) is 0.726. The molecule has 0 saturated carbocycles. The molecule has 0 aliphatic heterocycles. The van der Waals surface area contributed by atoms with Crippen molar-refractivity contribution in [1.29, 1.82) is 0 Å². The van der Waals surface area contributed by atoms with E-state index in [1.807, 2.05) is 31.2 Å². The summed E-state index contributed by atoms with van der Waals surface area (Å²) >= 11 is 2.22. The van der Waals surface area contributed by atoms with Crippen molar-refractivity contribution in [3.05, 3.63) is 33.4 Å². The Morgan fingerprint density at radius 2 is 2.00 bits per heavy atom. The van der Waals surface area contributed by atoms with Crippen molar-refractivity contribution in [3.8, 4) is 0 Å². The fourth-order valence-corrected chi connectivity index (χ4v) is 1.79. The fraction of sp³-hybridized carbons (Fsp3) is 0.462. The molecule has 0 fully saturated rings. The van der Waals surface area contributed by atoms with E-state index in [2.05, 4.69) is 29.5 Å². The van der Waals surface area contributed by atoms with Crippen LogP contribution < -0.4 is 0 Å². The molecule has 1 aromatic carbocycles. The number of ketones is 1. The van der Waals surface area contributed by atoms with Gasteiger partial charge in [0.25, 0.3) is 0 Å². The zero-order valence-electron chi connectivity index (χ0n) is 9.70. The average molecular weight is 332 g/mol. The molecule has 0 N–H and O–H groups in total. The van der Waals surface area contributed by atoms with Crippen LogP contribution in [0.1, 0.15) is 37.0 Å². The lowest BCUT2D eigenvalue weighted by Crippen LogP contribution is -2.15. The molecule has 0 aliphatic rings. The molecule has 1 atom stereocenters. The van der Waals surface area contributed by atoms with Crippen molar-refractivity contribution in [3.63, 3.8) is 0 Å². The molecule has 0 aromatic heterocycles. The molecule has 1 unspecified atom stereocenters. The lowest BCUT2D eigenvalue weighted by atomic mass is 10.1. The van der Waals surface area contributed by atoms with Gasteiger partial charge in [-0.1, -0.05) is 25.5 Å². The van der Waals surface area contributed by atoms with Gasteiger partial charge in [-0.15, -0.1) is 0 Å². The molecule has 1 aromatic rings. The van der Waals surface area contributed by atoms with E-state index in [0.29, 0.717) is 0 Å². The van der Waals surface area contributed by atoms with Crippen molar-refractivity contribution >= 4 is 28.4 Å². The number of ether oxygens (including phenoxy) is 1. The second kappa shape index (κ2) is 7.01. The largest absolute Gasteiger partial charge is 0.370 e. The van der Waals surface area contributed by atoms with E-state index in [1.54, 1.807) is 0 Å². The van der Waals surface area contributed by atoms with Gasteiger partial charge in [0.15, 0.2) is 5.78 Å². The zero-order chi connectivity index (χ0) is 12.0. The maximum atomic E-state index is 11.7. The summed E-state index contributed by atoms with van der Waals surface area (Å²) in [4.78, 5) is 11.7. The Morgan fingerprint density at radius 3 is 2.56 bits per heavy atom. The number of carbonyl (C=O) groups is 1. The summed E-state index contributed by atoms with van der Waals surface area (Å²) in [6.45, 7) is 4.30. The number of hydrogen-bond donors (Lipinski definition) is 0. The summed E-state index contributed by atoms with van der Waals surface area (Å²) in [5.74, 6) is 0.0550. The number of benzene rings is 1. The van der Waals surface area contributed by atoms with Crippen LogP contribution in [0.4, 0.5) is 0 Å². The van der Waals surface area contributed by atoms with E-state index in [9.17, 15) is 4.79 Å². The first-order valence-corrected chi connectivity index (χ1v) is 6.61. The number of hydrogen-bond acceptors (Lipinski definition) is 2. The number of carbonyl (C=O) groups excluding carboxylic acids is 1. The lowest BCUT2D eigenvalue weighted by molar-refractivity contribution is 0.0490. The predicted molar refractivity (Wildman–Crippen MR) is 73.8 cm³/mol. The van der Waals surface area contributed by atoms with Crippen molar-refractivity contribution in [2.75, 3.05) is 6.61 Å². The van der Waals surface area contributed by atoms with Crippen molar-refractivity contribution in [2.45, 2.75) is 32.8 Å². The van der Waals surface area contributed by atoms with Gasteiger partial charge in [-0.2, -0.15) is 0 Å². The summed E-state index contributed by atoms with van der Waals surface area (Å²) in [5, 5.41) is 0. The van der Waals surface area contributed by atoms with Gasteiger partial charge in [0, 0.05) is 9.13 Å². The second-order valence-corrected chi connectivity index (χ2v) is 5.09. The second-order valence-electron chi connectivity index (χ2n) is 3.84. The van der Waals surface area contributed by atoms with Crippen LogP contribution in [0.3, 0.4) is 0 Å². The van der Waals surface area contributed by atoms with Crippen LogP contribution in [-0.2, 0) is 4.74 Å². The van der Waals surface area contributed by atoms with Crippen LogP contribution in [0.2, 0.25) is 0 Å². The van der Waals surface area contributed by atoms with Crippen molar-refractivity contribution < 1.29 is 9.53 Å². The molecule has 3 heteroatoms. The van der Waals surface area contributed by atoms with Crippen LogP contribution in [0.25, 0.3) is 0 Å². The minimum atomic E-state index is 0.0550. The number of rotatable bonds is 6. The third kappa shape index (κ3) is 4.61. The van der Waals surface area contributed by atoms with Crippen molar-refractivity contribution in [1.82, 2.24) is 0 Å². The van der Waals surface area contributed by atoms with Gasteiger partial charge >= 0.3 is 0 Å². The van der Waals surface area contributed by atoms with E-state index in [1.165, 1.54) is 0 Å². The maximum Gasteiger partial charge on any atom is 0.188 e. The SMILES string of the molecule is CCCC(C)OCC(=O)c1ccc(I)cc1. The molecule has 0 bridgehead atoms. The highest BCUT2D eigenvalue weighted by Crippen LogP contribution is 2.08. The van der Waals surface area contributed by atoms with Gasteiger partial charge in [0.2, 0.25) is 0 Å². The number of Topliss-reactive ketones (excluding diaryl/α,β-unsaturated/α-hetero) is 1. The molecule has 0 saturated heterocycles. The van der Waals surface area contributed by atoms with Crippen LogP contribution in [0, 0.1) is 3.57 Å². The highest BCUT2D eigenvalue weighted by Gasteiger charge is 2.08. The predicted octanol–water partition coefficient (Wildman–Crippen LogP) is 3.68. The van der Waals surface area contributed by atoms with Gasteiger partial charge in [-0.05, 0) is 48.1 Å². The zero-order valence-corrected chi connectivity index (χ0v) is 11.9. The highest BCUT2D eigenvalue weighted by atomic mass is 127. The monoisotopic (exact) mass is 332 g/mol. The van der Waals surface area contributed by atoms with Crippen LogP contribution >= 0.6 is 22.6 Å². The van der Waals surface area contributed by atoms with Gasteiger partial charge in [0.05, 0.1) is 6.10 Å². The maximum absolute atomic E-state index is 11.7. The first kappa shape index (κ1) is 13.6. The van der Waals surface area contributed by atoms with E-state index in [4.69, 9.17) is 4.74 Å². The molecule has 1 rings (SSSR count). The highest BCUT2D eigenvalue weighted by molar-refractivity contribution is 14.1. The topological polar surface area (TPSA) is 26.3 Å². The molecule has 2 nitrogen and oxygen atoms in total. The molecule has 16 heavy (non-hydrogen) atoms. The summed E-state index contributed by atoms with van der Waals surface area (Å²) in [6, 6.07) is 7.56. The van der Waals surface area contributed by atoms with Gasteiger partial charge in [-0.3, -0.25) is 4.79 Å². The first-order chi connectivity index (χ1) is 7.63. The quantitative estimate of drug-likeness (QED) is 0.587. The van der Waals surface area contributed by atoms with E-state index in [0.717, 1.165) is 22.0 Å². The first-order valence-electron chi connectivity index (χ1n) is 5.54. The van der Waals surface area contributed by atoms with Crippen molar-refractivity contribution in [2.24, 2.45) is 0 Å². The smallest absolute Gasteiger partial charge is 0.188 e. The molecule has 0 heterocycles.